The smallest absolute Gasteiger partial charge is 0.208 e. The standard InChI is InChI=1S/C12H11FN4O/c1-2-17-15-12(14-16-17)10(8-18)7-9-3-5-11(13)6-4-9/h3-8H,2H2,1H3. The molecular weight excluding hydrogens is 235 g/mol. The second kappa shape index (κ2) is 5.31. The summed E-state index contributed by atoms with van der Waals surface area (Å²) in [5, 5.41) is 11.6. The lowest BCUT2D eigenvalue weighted by Gasteiger charge is -1.95. The Kier molecular flexibility index (Phi) is 3.57. The molecule has 18 heavy (non-hydrogen) atoms. The van der Waals surface area contributed by atoms with Gasteiger partial charge in [0.15, 0.2) is 6.29 Å². The topological polar surface area (TPSA) is 60.7 Å². The maximum atomic E-state index is 12.7. The molecule has 1 heterocycles. The van der Waals surface area contributed by atoms with Crippen molar-refractivity contribution >= 4 is 17.9 Å². The number of hydrogen-bond acceptors (Lipinski definition) is 4. The molecule has 1 aromatic heterocycles. The van der Waals surface area contributed by atoms with Gasteiger partial charge >= 0.3 is 0 Å². The normalized spacial score (nSPS) is 11.6. The van der Waals surface area contributed by atoms with Crippen LogP contribution >= 0.6 is 0 Å². The van der Waals surface area contributed by atoms with Crippen LogP contribution in [0.1, 0.15) is 18.3 Å². The molecule has 2 rings (SSSR count). The molecule has 2 aromatic rings. The average molecular weight is 246 g/mol. The Labute approximate surface area is 103 Å². The van der Waals surface area contributed by atoms with Crippen molar-refractivity contribution in [3.05, 3.63) is 41.5 Å². The maximum Gasteiger partial charge on any atom is 0.208 e. The lowest BCUT2D eigenvalue weighted by Crippen LogP contribution is -1.99. The number of carbonyl (C=O) groups is 1. The first kappa shape index (κ1) is 12.1. The van der Waals surface area contributed by atoms with Gasteiger partial charge in [-0.25, -0.2) is 4.39 Å². The Balaban J connectivity index is 2.32. The second-order valence-corrected chi connectivity index (χ2v) is 3.57. The summed E-state index contributed by atoms with van der Waals surface area (Å²) in [4.78, 5) is 12.4. The molecule has 0 saturated heterocycles. The number of aryl methyl sites for hydroxylation is 1. The number of aldehydes is 1. The molecule has 0 amide bonds. The van der Waals surface area contributed by atoms with Gasteiger partial charge in [0.25, 0.3) is 0 Å². The van der Waals surface area contributed by atoms with E-state index < -0.39 is 0 Å². The number of nitrogens with zero attached hydrogens (tertiary/aromatic N) is 4. The lowest BCUT2D eigenvalue weighted by atomic mass is 10.1. The zero-order chi connectivity index (χ0) is 13.0. The molecule has 0 fully saturated rings. The zero-order valence-electron chi connectivity index (χ0n) is 9.75. The minimum atomic E-state index is -0.324. The third-order valence-electron chi connectivity index (χ3n) is 2.31. The van der Waals surface area contributed by atoms with Crippen LogP contribution in [0.2, 0.25) is 0 Å². The van der Waals surface area contributed by atoms with Crippen molar-refractivity contribution in [2.24, 2.45) is 0 Å². The first-order chi connectivity index (χ1) is 8.72. The first-order valence-corrected chi connectivity index (χ1v) is 5.43. The number of tetrazole rings is 1. The fraction of sp³-hybridized carbons (Fsp3) is 0.167. The Morgan fingerprint density at radius 1 is 1.39 bits per heavy atom. The van der Waals surface area contributed by atoms with Crippen LogP contribution in [0.5, 0.6) is 0 Å². The molecule has 6 heteroatoms. The predicted octanol–water partition coefficient (Wildman–Crippen LogP) is 1.57. The van der Waals surface area contributed by atoms with Crippen molar-refractivity contribution in [3.63, 3.8) is 0 Å². The molecule has 5 nitrogen and oxygen atoms in total. The molecule has 0 spiro atoms. The van der Waals surface area contributed by atoms with Gasteiger partial charge in [0.2, 0.25) is 5.82 Å². The average Bonchev–Trinajstić information content (AvgIpc) is 2.87. The quantitative estimate of drug-likeness (QED) is 0.607. The van der Waals surface area contributed by atoms with Gasteiger partial charge in [0, 0.05) is 0 Å². The van der Waals surface area contributed by atoms with Crippen LogP contribution in [0, 0.1) is 5.82 Å². The molecule has 0 bridgehead atoms. The molecule has 0 aliphatic heterocycles. The number of allylic oxidation sites excluding steroid dienone is 1. The Morgan fingerprint density at radius 2 is 2.11 bits per heavy atom. The highest BCUT2D eigenvalue weighted by atomic mass is 19.1. The van der Waals surface area contributed by atoms with E-state index in [0.717, 1.165) is 0 Å². The molecule has 0 atom stereocenters. The SMILES string of the molecule is CCn1nnc(C(C=O)=Cc2ccc(F)cc2)n1. The summed E-state index contributed by atoms with van der Waals surface area (Å²) >= 11 is 0. The lowest BCUT2D eigenvalue weighted by molar-refractivity contribution is -0.103. The summed E-state index contributed by atoms with van der Waals surface area (Å²) < 4.78 is 12.7. The van der Waals surface area contributed by atoms with E-state index >= 15 is 0 Å². The van der Waals surface area contributed by atoms with Crippen LogP contribution in [0.15, 0.2) is 24.3 Å². The van der Waals surface area contributed by atoms with Crippen LogP contribution in [0.3, 0.4) is 0 Å². The van der Waals surface area contributed by atoms with Crippen LogP contribution in [0.25, 0.3) is 11.6 Å². The van der Waals surface area contributed by atoms with Gasteiger partial charge in [-0.1, -0.05) is 12.1 Å². The van der Waals surface area contributed by atoms with Gasteiger partial charge in [-0.3, -0.25) is 4.79 Å². The largest absolute Gasteiger partial charge is 0.298 e. The first-order valence-electron chi connectivity index (χ1n) is 5.43. The molecule has 1 aromatic carbocycles. The molecule has 0 radical (unpaired) electrons. The summed E-state index contributed by atoms with van der Waals surface area (Å²) in [6, 6.07) is 5.79. The van der Waals surface area contributed by atoms with Gasteiger partial charge in [-0.05, 0) is 35.9 Å². The highest BCUT2D eigenvalue weighted by Crippen LogP contribution is 2.12. The Hall–Kier alpha value is -2.37. The summed E-state index contributed by atoms with van der Waals surface area (Å²) in [7, 11) is 0. The van der Waals surface area contributed by atoms with Crippen molar-refractivity contribution in [2.45, 2.75) is 13.5 Å². The van der Waals surface area contributed by atoms with Crippen LogP contribution < -0.4 is 0 Å². The summed E-state index contributed by atoms with van der Waals surface area (Å²) in [5.41, 5.74) is 1.01. The van der Waals surface area contributed by atoms with Crippen molar-refractivity contribution in [3.8, 4) is 0 Å². The van der Waals surface area contributed by atoms with Gasteiger partial charge < -0.3 is 0 Å². The summed E-state index contributed by atoms with van der Waals surface area (Å²) in [5.74, 6) is -0.0639. The molecule has 0 N–H and O–H groups in total. The number of carbonyl (C=O) groups excluding carboxylic acids is 1. The highest BCUT2D eigenvalue weighted by molar-refractivity contribution is 6.11. The molecule has 0 aliphatic carbocycles. The number of rotatable bonds is 4. The van der Waals surface area contributed by atoms with E-state index in [1.807, 2.05) is 6.92 Å². The third kappa shape index (κ3) is 2.65. The minimum absolute atomic E-state index is 0.260. The van der Waals surface area contributed by atoms with Gasteiger partial charge in [-0.15, -0.1) is 10.2 Å². The second-order valence-electron chi connectivity index (χ2n) is 3.57. The molecule has 0 unspecified atom stereocenters. The monoisotopic (exact) mass is 246 g/mol. The number of halogens is 1. The molecule has 92 valence electrons. The molecular formula is C12H11FN4O. The van der Waals surface area contributed by atoms with Crippen molar-refractivity contribution in [2.75, 3.05) is 0 Å². The fourth-order valence-corrected chi connectivity index (χ4v) is 1.38. The molecule has 0 aliphatic rings. The van der Waals surface area contributed by atoms with Gasteiger partial charge in [0.05, 0.1) is 12.1 Å². The maximum absolute atomic E-state index is 12.7. The Morgan fingerprint density at radius 3 is 2.67 bits per heavy atom. The highest BCUT2D eigenvalue weighted by Gasteiger charge is 2.07. The summed E-state index contributed by atoms with van der Waals surface area (Å²) in [6.07, 6.45) is 2.24. The number of hydrogen-bond donors (Lipinski definition) is 0. The van der Waals surface area contributed by atoms with Crippen LogP contribution in [-0.4, -0.2) is 26.5 Å². The van der Waals surface area contributed by atoms with Crippen molar-refractivity contribution in [1.82, 2.24) is 20.2 Å². The number of benzene rings is 1. The number of aromatic nitrogens is 4. The van der Waals surface area contributed by atoms with Gasteiger partial charge in [0.1, 0.15) is 5.82 Å². The van der Waals surface area contributed by atoms with E-state index in [1.54, 1.807) is 18.2 Å². The fourth-order valence-electron chi connectivity index (χ4n) is 1.38. The van der Waals surface area contributed by atoms with Crippen molar-refractivity contribution in [1.29, 1.82) is 0 Å². The summed E-state index contributed by atoms with van der Waals surface area (Å²) in [6.45, 7) is 2.45. The molecule has 0 saturated carbocycles. The van der Waals surface area contributed by atoms with Crippen LogP contribution in [0.4, 0.5) is 4.39 Å². The van der Waals surface area contributed by atoms with E-state index in [0.29, 0.717) is 24.0 Å². The van der Waals surface area contributed by atoms with Gasteiger partial charge in [-0.2, -0.15) is 4.80 Å². The van der Waals surface area contributed by atoms with E-state index in [1.165, 1.54) is 16.9 Å². The van der Waals surface area contributed by atoms with E-state index in [-0.39, 0.29) is 11.6 Å². The van der Waals surface area contributed by atoms with Crippen LogP contribution in [-0.2, 0) is 11.3 Å². The van der Waals surface area contributed by atoms with Crippen molar-refractivity contribution < 1.29 is 9.18 Å². The Bertz CT molecular complexity index is 574. The van der Waals surface area contributed by atoms with E-state index in [2.05, 4.69) is 15.4 Å². The van der Waals surface area contributed by atoms with E-state index in [4.69, 9.17) is 0 Å². The van der Waals surface area contributed by atoms with E-state index in [9.17, 15) is 9.18 Å². The zero-order valence-corrected chi connectivity index (χ0v) is 9.75. The predicted molar refractivity (Wildman–Crippen MR) is 63.8 cm³/mol. The minimum Gasteiger partial charge on any atom is -0.298 e. The third-order valence-corrected chi connectivity index (χ3v) is 2.31.